The van der Waals surface area contributed by atoms with Gasteiger partial charge in [-0.25, -0.2) is 0 Å². The topological polar surface area (TPSA) is 32.3 Å². The highest BCUT2D eigenvalue weighted by molar-refractivity contribution is 5.76. The van der Waals surface area contributed by atoms with E-state index < -0.39 is 0 Å². The second-order valence-corrected chi connectivity index (χ2v) is 5.18. The number of hydrogen-bond acceptors (Lipinski definition) is 2. The molecule has 0 aromatic carbocycles. The lowest BCUT2D eigenvalue weighted by Gasteiger charge is -2.31. The summed E-state index contributed by atoms with van der Waals surface area (Å²) in [6, 6.07) is 0.404. The summed E-state index contributed by atoms with van der Waals surface area (Å²) in [5, 5.41) is 3.44. The van der Waals surface area contributed by atoms with Crippen molar-refractivity contribution in [2.45, 2.75) is 52.5 Å². The normalized spacial score (nSPS) is 22.2. The number of rotatable bonds is 4. The number of nitrogens with one attached hydrogen (secondary N) is 1. The number of amides is 1. The van der Waals surface area contributed by atoms with E-state index in [0.29, 0.717) is 24.3 Å². The highest BCUT2D eigenvalue weighted by Crippen LogP contribution is 2.15. The van der Waals surface area contributed by atoms with Crippen molar-refractivity contribution in [3.05, 3.63) is 0 Å². The minimum absolute atomic E-state index is 0.344. The van der Waals surface area contributed by atoms with E-state index >= 15 is 0 Å². The zero-order valence-corrected chi connectivity index (χ0v) is 11.0. The van der Waals surface area contributed by atoms with Crippen LogP contribution in [0.4, 0.5) is 0 Å². The monoisotopic (exact) mass is 226 g/mol. The Morgan fingerprint density at radius 1 is 1.50 bits per heavy atom. The van der Waals surface area contributed by atoms with Crippen LogP contribution >= 0.6 is 0 Å². The van der Waals surface area contributed by atoms with Crippen LogP contribution in [0.1, 0.15) is 46.5 Å². The largest absolute Gasteiger partial charge is 0.338 e. The molecule has 1 rings (SSSR count). The molecule has 1 N–H and O–H groups in total. The molecule has 94 valence electrons. The lowest BCUT2D eigenvalue weighted by atomic mass is 10.0. The van der Waals surface area contributed by atoms with Crippen molar-refractivity contribution in [3.8, 4) is 0 Å². The first-order chi connectivity index (χ1) is 7.65. The van der Waals surface area contributed by atoms with Crippen molar-refractivity contribution in [3.63, 3.8) is 0 Å². The Balaban J connectivity index is 2.61. The molecule has 0 saturated carbocycles. The van der Waals surface area contributed by atoms with E-state index in [1.807, 2.05) is 0 Å². The predicted molar refractivity (Wildman–Crippen MR) is 67.4 cm³/mol. The van der Waals surface area contributed by atoms with Crippen molar-refractivity contribution in [1.29, 1.82) is 0 Å². The smallest absolute Gasteiger partial charge is 0.222 e. The van der Waals surface area contributed by atoms with Crippen LogP contribution in [0.25, 0.3) is 0 Å². The first-order valence-electron chi connectivity index (χ1n) is 6.65. The van der Waals surface area contributed by atoms with Gasteiger partial charge in [-0.15, -0.1) is 0 Å². The summed E-state index contributed by atoms with van der Waals surface area (Å²) in [5.41, 5.74) is 0. The Kier molecular flexibility index (Phi) is 5.81. The number of nitrogens with zero attached hydrogens (tertiary/aromatic N) is 1. The van der Waals surface area contributed by atoms with Gasteiger partial charge in [0.2, 0.25) is 5.91 Å². The molecule has 1 amide bonds. The van der Waals surface area contributed by atoms with E-state index in [9.17, 15) is 4.79 Å². The van der Waals surface area contributed by atoms with Crippen molar-refractivity contribution in [2.75, 3.05) is 19.6 Å². The van der Waals surface area contributed by atoms with Crippen LogP contribution in [0, 0.1) is 5.92 Å². The van der Waals surface area contributed by atoms with E-state index in [-0.39, 0.29) is 0 Å². The van der Waals surface area contributed by atoms with E-state index in [1.54, 1.807) is 0 Å². The standard InChI is InChI=1S/C13H26N2O/c1-4-6-13(16)15-8-5-7-14-10-12(15)9-11(2)3/h11-12,14H,4-10H2,1-3H3. The van der Waals surface area contributed by atoms with Gasteiger partial charge in [0.05, 0.1) is 0 Å². The second kappa shape index (κ2) is 6.89. The van der Waals surface area contributed by atoms with E-state index in [1.165, 1.54) is 0 Å². The average Bonchev–Trinajstić information content (AvgIpc) is 2.43. The highest BCUT2D eigenvalue weighted by atomic mass is 16.2. The molecule has 0 aliphatic carbocycles. The van der Waals surface area contributed by atoms with Gasteiger partial charge in [-0.2, -0.15) is 0 Å². The zero-order valence-electron chi connectivity index (χ0n) is 11.0. The maximum Gasteiger partial charge on any atom is 0.222 e. The van der Waals surface area contributed by atoms with Gasteiger partial charge in [-0.05, 0) is 31.7 Å². The third kappa shape index (κ3) is 4.12. The van der Waals surface area contributed by atoms with Crippen LogP contribution in [0.15, 0.2) is 0 Å². The van der Waals surface area contributed by atoms with Crippen molar-refractivity contribution < 1.29 is 4.79 Å². The van der Waals surface area contributed by atoms with Gasteiger partial charge in [0.1, 0.15) is 0 Å². The van der Waals surface area contributed by atoms with E-state index in [0.717, 1.165) is 38.9 Å². The summed E-state index contributed by atoms with van der Waals surface area (Å²) in [7, 11) is 0. The molecule has 3 heteroatoms. The van der Waals surface area contributed by atoms with Crippen LogP contribution in [-0.4, -0.2) is 36.5 Å². The van der Waals surface area contributed by atoms with Crippen molar-refractivity contribution in [2.24, 2.45) is 5.92 Å². The fraction of sp³-hybridized carbons (Fsp3) is 0.923. The fourth-order valence-corrected chi connectivity index (χ4v) is 2.38. The van der Waals surface area contributed by atoms with Crippen molar-refractivity contribution in [1.82, 2.24) is 10.2 Å². The summed E-state index contributed by atoms with van der Waals surface area (Å²) in [6.07, 6.45) is 3.86. The van der Waals surface area contributed by atoms with Gasteiger partial charge in [0.25, 0.3) is 0 Å². The number of carbonyl (C=O) groups is 1. The quantitative estimate of drug-likeness (QED) is 0.795. The van der Waals surface area contributed by atoms with Crippen LogP contribution in [0.3, 0.4) is 0 Å². The minimum atomic E-state index is 0.344. The molecular formula is C13H26N2O. The van der Waals surface area contributed by atoms with Crippen LogP contribution in [-0.2, 0) is 4.79 Å². The van der Waals surface area contributed by atoms with Gasteiger partial charge >= 0.3 is 0 Å². The Labute approximate surface area is 99.6 Å². The minimum Gasteiger partial charge on any atom is -0.338 e. The molecule has 0 radical (unpaired) electrons. The van der Waals surface area contributed by atoms with Crippen LogP contribution in [0.5, 0.6) is 0 Å². The van der Waals surface area contributed by atoms with Gasteiger partial charge < -0.3 is 10.2 Å². The molecule has 1 fully saturated rings. The summed E-state index contributed by atoms with van der Waals surface area (Å²) >= 11 is 0. The van der Waals surface area contributed by atoms with E-state index in [4.69, 9.17) is 0 Å². The molecule has 1 saturated heterocycles. The maximum atomic E-state index is 12.0. The van der Waals surface area contributed by atoms with Crippen LogP contribution in [0.2, 0.25) is 0 Å². The zero-order chi connectivity index (χ0) is 12.0. The molecule has 1 atom stereocenters. The predicted octanol–water partition coefficient (Wildman–Crippen LogP) is 2.02. The molecular weight excluding hydrogens is 200 g/mol. The highest BCUT2D eigenvalue weighted by Gasteiger charge is 2.24. The average molecular weight is 226 g/mol. The molecule has 1 aliphatic heterocycles. The molecule has 1 heterocycles. The molecule has 0 spiro atoms. The molecule has 0 aromatic heterocycles. The molecule has 0 aromatic rings. The maximum absolute atomic E-state index is 12.0. The summed E-state index contributed by atoms with van der Waals surface area (Å²) in [5.74, 6) is 0.999. The molecule has 1 unspecified atom stereocenters. The first-order valence-corrected chi connectivity index (χ1v) is 6.65. The Morgan fingerprint density at radius 2 is 2.25 bits per heavy atom. The molecule has 1 aliphatic rings. The molecule has 3 nitrogen and oxygen atoms in total. The lowest BCUT2D eigenvalue weighted by Crippen LogP contribution is -2.44. The third-order valence-corrected chi connectivity index (χ3v) is 3.10. The lowest BCUT2D eigenvalue weighted by molar-refractivity contribution is -0.133. The van der Waals surface area contributed by atoms with Crippen LogP contribution < -0.4 is 5.32 Å². The molecule has 0 bridgehead atoms. The van der Waals surface area contributed by atoms with Gasteiger partial charge in [-0.3, -0.25) is 4.79 Å². The summed E-state index contributed by atoms with van der Waals surface area (Å²) in [6.45, 7) is 9.48. The molecule has 16 heavy (non-hydrogen) atoms. The van der Waals surface area contributed by atoms with Gasteiger partial charge in [0.15, 0.2) is 0 Å². The SMILES string of the molecule is CCCC(=O)N1CCCNCC1CC(C)C. The third-order valence-electron chi connectivity index (χ3n) is 3.10. The number of carbonyl (C=O) groups excluding carboxylic acids is 1. The summed E-state index contributed by atoms with van der Waals surface area (Å²) in [4.78, 5) is 14.2. The van der Waals surface area contributed by atoms with E-state index in [2.05, 4.69) is 31.0 Å². The summed E-state index contributed by atoms with van der Waals surface area (Å²) < 4.78 is 0. The number of hydrogen-bond donors (Lipinski definition) is 1. The Morgan fingerprint density at radius 3 is 2.88 bits per heavy atom. The van der Waals surface area contributed by atoms with Gasteiger partial charge in [-0.1, -0.05) is 20.8 Å². The first kappa shape index (κ1) is 13.5. The second-order valence-electron chi connectivity index (χ2n) is 5.18. The Hall–Kier alpha value is -0.570. The fourth-order valence-electron chi connectivity index (χ4n) is 2.38. The van der Waals surface area contributed by atoms with Gasteiger partial charge in [0, 0.05) is 25.6 Å². The van der Waals surface area contributed by atoms with Crippen molar-refractivity contribution >= 4 is 5.91 Å². The Bertz CT molecular complexity index is 216.